The van der Waals surface area contributed by atoms with E-state index in [0.29, 0.717) is 12.5 Å². The van der Waals surface area contributed by atoms with Gasteiger partial charge in [-0.3, -0.25) is 0 Å². The van der Waals surface area contributed by atoms with E-state index < -0.39 is 10.0 Å². The molecule has 0 bridgehead atoms. The van der Waals surface area contributed by atoms with Crippen LogP contribution >= 0.6 is 11.6 Å². The molecule has 118 valence electrons. The van der Waals surface area contributed by atoms with Gasteiger partial charge in [0.25, 0.3) is 0 Å². The second-order valence-electron chi connectivity index (χ2n) is 5.21. The van der Waals surface area contributed by atoms with E-state index in [2.05, 4.69) is 14.5 Å². The summed E-state index contributed by atoms with van der Waals surface area (Å²) in [6.07, 6.45) is 6.78. The average Bonchev–Trinajstić information content (AvgIpc) is 2.92. The van der Waals surface area contributed by atoms with Crippen molar-refractivity contribution >= 4 is 21.6 Å². The van der Waals surface area contributed by atoms with Crippen LogP contribution in [0.25, 0.3) is 0 Å². The maximum Gasteiger partial charge on any atom is 0.239 e. The van der Waals surface area contributed by atoms with Crippen molar-refractivity contribution in [3.63, 3.8) is 0 Å². The molecule has 7 nitrogen and oxygen atoms in total. The van der Waals surface area contributed by atoms with Gasteiger partial charge in [-0.1, -0.05) is 11.6 Å². The molecule has 9 heteroatoms. The van der Waals surface area contributed by atoms with Gasteiger partial charge in [0.05, 0.1) is 12.8 Å². The van der Waals surface area contributed by atoms with E-state index >= 15 is 0 Å². The van der Waals surface area contributed by atoms with Crippen molar-refractivity contribution in [2.24, 2.45) is 11.1 Å². The second-order valence-corrected chi connectivity index (χ2v) is 7.18. The Bertz CT molecular complexity index is 790. The van der Waals surface area contributed by atoms with Crippen molar-refractivity contribution in [3.05, 3.63) is 35.5 Å². The number of hydrogen-bond acceptors (Lipinski definition) is 5. The highest BCUT2D eigenvalue weighted by Crippen LogP contribution is 2.26. The number of pyridine rings is 1. The minimum absolute atomic E-state index is 0.130. The number of halogens is 1. The van der Waals surface area contributed by atoms with Gasteiger partial charge in [-0.25, -0.2) is 23.5 Å². The first kappa shape index (κ1) is 15.3. The number of ether oxygens (including phenoxy) is 1. The second kappa shape index (κ2) is 5.86. The molecule has 0 saturated heterocycles. The molecule has 0 radical (unpaired) electrons. The van der Waals surface area contributed by atoms with Crippen molar-refractivity contribution < 1.29 is 13.2 Å². The highest BCUT2D eigenvalue weighted by atomic mass is 35.5. The summed E-state index contributed by atoms with van der Waals surface area (Å²) in [7, 11) is -3.82. The van der Waals surface area contributed by atoms with Crippen LogP contribution in [0, 0.1) is 5.92 Å². The van der Waals surface area contributed by atoms with E-state index in [1.165, 1.54) is 6.07 Å². The van der Waals surface area contributed by atoms with Crippen LogP contribution in [-0.4, -0.2) is 29.6 Å². The number of nitrogens with two attached hydrogens (primary N) is 1. The molecule has 1 aliphatic rings. The molecule has 0 fully saturated rings. The summed E-state index contributed by atoms with van der Waals surface area (Å²) in [5.74, 6) is 1.63. The molecular formula is C13H15ClN4O3S. The maximum atomic E-state index is 11.2. The molecule has 0 saturated carbocycles. The third-order valence-electron chi connectivity index (χ3n) is 3.60. The third kappa shape index (κ3) is 3.23. The molecule has 22 heavy (non-hydrogen) atoms. The minimum Gasteiger partial charge on any atom is -0.476 e. The summed E-state index contributed by atoms with van der Waals surface area (Å²) in [4.78, 5) is 8.07. The van der Waals surface area contributed by atoms with E-state index in [4.69, 9.17) is 21.5 Å². The van der Waals surface area contributed by atoms with Crippen LogP contribution in [0.5, 0.6) is 5.88 Å². The zero-order chi connectivity index (χ0) is 15.7. The van der Waals surface area contributed by atoms with Gasteiger partial charge in [0.15, 0.2) is 0 Å². The molecule has 0 aliphatic carbocycles. The zero-order valence-electron chi connectivity index (χ0n) is 11.6. The molecule has 0 amide bonds. The number of primary sulfonamides is 1. The lowest BCUT2D eigenvalue weighted by molar-refractivity contribution is 0.203. The molecule has 3 heterocycles. The molecule has 1 atom stereocenters. The standard InChI is InChI=1S/C13H15ClN4O3S/c14-11-5-10(22(15,19)20)6-17-13(11)21-8-9-1-2-12-16-3-4-18(12)7-9/h3-6,9H,1-2,7-8H2,(H2,15,19,20). The molecule has 2 aromatic heterocycles. The normalized spacial score (nSPS) is 18.0. The Labute approximate surface area is 133 Å². The molecule has 2 aromatic rings. The van der Waals surface area contributed by atoms with Crippen molar-refractivity contribution in [2.45, 2.75) is 24.3 Å². The highest BCUT2D eigenvalue weighted by molar-refractivity contribution is 7.89. The van der Waals surface area contributed by atoms with Crippen LogP contribution in [-0.2, 0) is 23.0 Å². The smallest absolute Gasteiger partial charge is 0.239 e. The Kier molecular flexibility index (Phi) is 4.07. The van der Waals surface area contributed by atoms with Crippen LogP contribution in [0.15, 0.2) is 29.6 Å². The third-order valence-corrected chi connectivity index (χ3v) is 4.75. The molecule has 1 unspecified atom stereocenters. The van der Waals surface area contributed by atoms with Crippen LogP contribution in [0.3, 0.4) is 0 Å². The minimum atomic E-state index is -3.82. The topological polar surface area (TPSA) is 100 Å². The van der Waals surface area contributed by atoms with E-state index in [0.717, 1.165) is 31.4 Å². The predicted molar refractivity (Wildman–Crippen MR) is 80.2 cm³/mol. The lowest BCUT2D eigenvalue weighted by atomic mass is 10.0. The van der Waals surface area contributed by atoms with E-state index in [-0.39, 0.29) is 15.8 Å². The summed E-state index contributed by atoms with van der Waals surface area (Å²) in [5.41, 5.74) is 0. The summed E-state index contributed by atoms with van der Waals surface area (Å²) in [6.45, 7) is 1.29. The van der Waals surface area contributed by atoms with Gasteiger partial charge in [-0.2, -0.15) is 0 Å². The average molecular weight is 343 g/mol. The number of hydrogen-bond donors (Lipinski definition) is 1. The number of nitrogens with zero attached hydrogens (tertiary/aromatic N) is 3. The highest BCUT2D eigenvalue weighted by Gasteiger charge is 2.20. The van der Waals surface area contributed by atoms with E-state index in [9.17, 15) is 8.42 Å². The molecule has 2 N–H and O–H groups in total. The molecule has 3 rings (SSSR count). The largest absolute Gasteiger partial charge is 0.476 e. The number of imidazole rings is 1. The van der Waals surface area contributed by atoms with Gasteiger partial charge in [-0.15, -0.1) is 0 Å². The van der Waals surface area contributed by atoms with E-state index in [1.807, 2.05) is 6.20 Å². The Balaban J connectivity index is 1.65. The molecular weight excluding hydrogens is 328 g/mol. The fourth-order valence-corrected chi connectivity index (χ4v) is 3.21. The fraction of sp³-hybridized carbons (Fsp3) is 0.385. The molecule has 0 spiro atoms. The Morgan fingerprint density at radius 1 is 1.45 bits per heavy atom. The number of rotatable bonds is 4. The van der Waals surface area contributed by atoms with Gasteiger partial charge < -0.3 is 9.30 Å². The zero-order valence-corrected chi connectivity index (χ0v) is 13.2. The van der Waals surface area contributed by atoms with Gasteiger partial charge in [-0.05, 0) is 12.5 Å². The lowest BCUT2D eigenvalue weighted by Gasteiger charge is -2.23. The van der Waals surface area contributed by atoms with Crippen molar-refractivity contribution in [3.8, 4) is 5.88 Å². The Morgan fingerprint density at radius 3 is 3.00 bits per heavy atom. The monoisotopic (exact) mass is 342 g/mol. The van der Waals surface area contributed by atoms with Crippen molar-refractivity contribution in [1.29, 1.82) is 0 Å². The number of sulfonamides is 1. The van der Waals surface area contributed by atoms with Crippen molar-refractivity contribution in [1.82, 2.24) is 14.5 Å². The fourth-order valence-electron chi connectivity index (χ4n) is 2.44. The van der Waals surface area contributed by atoms with Crippen LogP contribution < -0.4 is 9.88 Å². The predicted octanol–water partition coefficient (Wildman–Crippen LogP) is 1.22. The van der Waals surface area contributed by atoms with Gasteiger partial charge >= 0.3 is 0 Å². The Hall–Kier alpha value is -1.64. The lowest BCUT2D eigenvalue weighted by Crippen LogP contribution is -2.25. The van der Waals surface area contributed by atoms with E-state index in [1.54, 1.807) is 6.20 Å². The maximum absolute atomic E-state index is 11.2. The first-order chi connectivity index (χ1) is 10.4. The summed E-state index contributed by atoms with van der Waals surface area (Å²) >= 11 is 5.99. The number of aromatic nitrogens is 3. The van der Waals surface area contributed by atoms with Crippen LogP contribution in [0.4, 0.5) is 0 Å². The SMILES string of the molecule is NS(=O)(=O)c1cnc(OCC2CCc3nccn3C2)c(Cl)c1. The van der Waals surface area contributed by atoms with Crippen LogP contribution in [0.1, 0.15) is 12.2 Å². The summed E-state index contributed by atoms with van der Waals surface area (Å²) in [5, 5.41) is 5.16. The number of aryl methyl sites for hydroxylation is 1. The first-order valence-corrected chi connectivity index (χ1v) is 8.67. The summed E-state index contributed by atoms with van der Waals surface area (Å²) in [6, 6.07) is 1.24. The van der Waals surface area contributed by atoms with Crippen molar-refractivity contribution in [2.75, 3.05) is 6.61 Å². The summed E-state index contributed by atoms with van der Waals surface area (Å²) < 4.78 is 30.2. The van der Waals surface area contributed by atoms with Gasteiger partial charge in [0, 0.05) is 31.3 Å². The van der Waals surface area contributed by atoms with Gasteiger partial charge in [0.1, 0.15) is 15.7 Å². The first-order valence-electron chi connectivity index (χ1n) is 6.74. The number of fused-ring (bicyclic) bond motifs is 1. The molecule has 0 aromatic carbocycles. The Morgan fingerprint density at radius 2 is 2.27 bits per heavy atom. The molecule has 1 aliphatic heterocycles. The van der Waals surface area contributed by atoms with Gasteiger partial charge in [0.2, 0.25) is 15.9 Å². The van der Waals surface area contributed by atoms with Crippen LogP contribution in [0.2, 0.25) is 5.02 Å². The quantitative estimate of drug-likeness (QED) is 0.900.